The quantitative estimate of drug-likeness (QED) is 0.673. The molecule has 1 aromatic rings. The minimum Gasteiger partial charge on any atom is -0.481 e. The molecule has 20 heavy (non-hydrogen) atoms. The van der Waals surface area contributed by atoms with Gasteiger partial charge >= 0.3 is 5.97 Å². The van der Waals surface area contributed by atoms with E-state index >= 15 is 0 Å². The van der Waals surface area contributed by atoms with Gasteiger partial charge < -0.3 is 15.7 Å². The van der Waals surface area contributed by atoms with Crippen molar-refractivity contribution in [2.75, 3.05) is 0 Å². The molecule has 1 fully saturated rings. The van der Waals surface area contributed by atoms with Crippen LogP contribution in [0.2, 0.25) is 0 Å². The van der Waals surface area contributed by atoms with Crippen LogP contribution >= 0.6 is 0 Å². The maximum absolute atomic E-state index is 12.0. The molecule has 0 saturated carbocycles. The summed E-state index contributed by atoms with van der Waals surface area (Å²) in [6.07, 6.45) is 0.499. The normalized spacial score (nSPS) is 19.2. The second-order valence-electron chi connectivity index (χ2n) is 4.75. The van der Waals surface area contributed by atoms with Gasteiger partial charge in [0, 0.05) is 6.42 Å². The predicted octanol–water partition coefficient (Wildman–Crippen LogP) is 0.282. The molecule has 0 aromatic heterocycles. The molecule has 0 bridgehead atoms. The summed E-state index contributed by atoms with van der Waals surface area (Å²) >= 11 is 0. The Bertz CT molecular complexity index is 515. The van der Waals surface area contributed by atoms with E-state index in [1.54, 1.807) is 24.3 Å². The van der Waals surface area contributed by atoms with E-state index in [2.05, 4.69) is 10.6 Å². The first-order valence-corrected chi connectivity index (χ1v) is 6.42. The Morgan fingerprint density at radius 1 is 1.35 bits per heavy atom. The van der Waals surface area contributed by atoms with Crippen molar-refractivity contribution in [3.8, 4) is 0 Å². The SMILES string of the molecule is O=C1CC[C@@H](NC(=O)[C@@H](Cc2ccccc2)C(=O)O)N1. The molecule has 1 heterocycles. The molecular weight excluding hydrogens is 260 g/mol. The topological polar surface area (TPSA) is 95.5 Å². The van der Waals surface area contributed by atoms with Crippen molar-refractivity contribution in [2.24, 2.45) is 5.92 Å². The smallest absolute Gasteiger partial charge is 0.316 e. The summed E-state index contributed by atoms with van der Waals surface area (Å²) in [7, 11) is 0. The Labute approximate surface area is 116 Å². The van der Waals surface area contributed by atoms with Crippen LogP contribution in [0.4, 0.5) is 0 Å². The lowest BCUT2D eigenvalue weighted by molar-refractivity contribution is -0.147. The molecule has 2 rings (SSSR count). The van der Waals surface area contributed by atoms with Crippen LogP contribution in [-0.2, 0) is 20.8 Å². The van der Waals surface area contributed by atoms with Crippen molar-refractivity contribution in [3.63, 3.8) is 0 Å². The first-order chi connectivity index (χ1) is 9.56. The van der Waals surface area contributed by atoms with Gasteiger partial charge in [-0.15, -0.1) is 0 Å². The van der Waals surface area contributed by atoms with Gasteiger partial charge in [-0.1, -0.05) is 30.3 Å². The molecule has 6 nitrogen and oxygen atoms in total. The molecule has 0 radical (unpaired) electrons. The van der Waals surface area contributed by atoms with Gasteiger partial charge in [0.05, 0.1) is 0 Å². The summed E-state index contributed by atoms with van der Waals surface area (Å²) in [4.78, 5) is 34.3. The fraction of sp³-hybridized carbons (Fsp3) is 0.357. The number of amides is 2. The third kappa shape index (κ3) is 3.57. The maximum Gasteiger partial charge on any atom is 0.316 e. The lowest BCUT2D eigenvalue weighted by Crippen LogP contribution is -2.47. The highest BCUT2D eigenvalue weighted by Crippen LogP contribution is 2.11. The van der Waals surface area contributed by atoms with E-state index in [0.29, 0.717) is 12.8 Å². The number of carbonyl (C=O) groups is 3. The Morgan fingerprint density at radius 2 is 2.05 bits per heavy atom. The zero-order valence-electron chi connectivity index (χ0n) is 10.8. The Hall–Kier alpha value is -2.37. The molecule has 0 spiro atoms. The number of nitrogens with one attached hydrogen (secondary N) is 2. The predicted molar refractivity (Wildman–Crippen MR) is 70.6 cm³/mol. The first-order valence-electron chi connectivity index (χ1n) is 6.42. The van der Waals surface area contributed by atoms with Gasteiger partial charge in [0.25, 0.3) is 0 Å². The summed E-state index contributed by atoms with van der Waals surface area (Å²) in [6.45, 7) is 0. The second-order valence-corrected chi connectivity index (χ2v) is 4.75. The number of hydrogen-bond acceptors (Lipinski definition) is 3. The average molecular weight is 276 g/mol. The number of carboxylic acid groups (broad SMARTS) is 1. The Morgan fingerprint density at radius 3 is 2.60 bits per heavy atom. The molecular formula is C14H16N2O4. The largest absolute Gasteiger partial charge is 0.481 e. The van der Waals surface area contributed by atoms with E-state index in [1.165, 1.54) is 0 Å². The zero-order chi connectivity index (χ0) is 14.5. The van der Waals surface area contributed by atoms with Crippen molar-refractivity contribution < 1.29 is 19.5 Å². The summed E-state index contributed by atoms with van der Waals surface area (Å²) in [5.74, 6) is -3.04. The second kappa shape index (κ2) is 6.18. The van der Waals surface area contributed by atoms with Crippen molar-refractivity contribution in [1.82, 2.24) is 10.6 Å². The summed E-state index contributed by atoms with van der Waals surface area (Å²) in [6, 6.07) is 8.97. The molecule has 6 heteroatoms. The molecule has 1 saturated heterocycles. The van der Waals surface area contributed by atoms with Crippen molar-refractivity contribution in [1.29, 1.82) is 0 Å². The number of rotatable bonds is 5. The molecule has 1 aromatic carbocycles. The van der Waals surface area contributed by atoms with Crippen LogP contribution < -0.4 is 10.6 Å². The zero-order valence-corrected chi connectivity index (χ0v) is 10.8. The van der Waals surface area contributed by atoms with E-state index in [0.717, 1.165) is 5.56 Å². The summed E-state index contributed by atoms with van der Waals surface area (Å²) < 4.78 is 0. The number of aliphatic carboxylic acids is 1. The highest BCUT2D eigenvalue weighted by Gasteiger charge is 2.30. The van der Waals surface area contributed by atoms with Crippen LogP contribution in [0.15, 0.2) is 30.3 Å². The molecule has 2 atom stereocenters. The monoisotopic (exact) mass is 276 g/mol. The van der Waals surface area contributed by atoms with Crippen LogP contribution in [0.3, 0.4) is 0 Å². The molecule has 0 unspecified atom stereocenters. The minimum atomic E-state index is -1.17. The van der Waals surface area contributed by atoms with Crippen LogP contribution in [0.5, 0.6) is 0 Å². The van der Waals surface area contributed by atoms with E-state index < -0.39 is 24.0 Å². The fourth-order valence-electron chi connectivity index (χ4n) is 2.14. The van der Waals surface area contributed by atoms with E-state index in [-0.39, 0.29) is 12.3 Å². The van der Waals surface area contributed by atoms with Crippen LogP contribution in [0.25, 0.3) is 0 Å². The van der Waals surface area contributed by atoms with Crippen LogP contribution in [0.1, 0.15) is 18.4 Å². The molecule has 106 valence electrons. The Kier molecular flexibility index (Phi) is 4.34. The lowest BCUT2D eigenvalue weighted by Gasteiger charge is -2.17. The summed E-state index contributed by atoms with van der Waals surface area (Å²) in [5, 5.41) is 14.3. The highest BCUT2D eigenvalue weighted by molar-refractivity contribution is 5.97. The van der Waals surface area contributed by atoms with Gasteiger partial charge in [-0.3, -0.25) is 14.4 Å². The third-order valence-corrected chi connectivity index (χ3v) is 3.21. The first kappa shape index (κ1) is 14.0. The highest BCUT2D eigenvalue weighted by atomic mass is 16.4. The number of carboxylic acids is 1. The van der Waals surface area contributed by atoms with Crippen LogP contribution in [0, 0.1) is 5.92 Å². The van der Waals surface area contributed by atoms with Gasteiger partial charge in [-0.25, -0.2) is 0 Å². The Balaban J connectivity index is 1.99. The number of hydrogen-bond donors (Lipinski definition) is 3. The number of benzene rings is 1. The molecule has 1 aliphatic heterocycles. The van der Waals surface area contributed by atoms with E-state index in [4.69, 9.17) is 0 Å². The summed E-state index contributed by atoms with van der Waals surface area (Å²) in [5.41, 5.74) is 0.783. The van der Waals surface area contributed by atoms with E-state index in [9.17, 15) is 19.5 Å². The fourth-order valence-corrected chi connectivity index (χ4v) is 2.14. The van der Waals surface area contributed by atoms with Gasteiger partial charge in [-0.2, -0.15) is 0 Å². The minimum absolute atomic E-state index is 0.128. The number of carbonyl (C=O) groups excluding carboxylic acids is 2. The lowest BCUT2D eigenvalue weighted by atomic mass is 9.98. The van der Waals surface area contributed by atoms with Crippen molar-refractivity contribution in [3.05, 3.63) is 35.9 Å². The van der Waals surface area contributed by atoms with Gasteiger partial charge in [0.1, 0.15) is 12.1 Å². The van der Waals surface area contributed by atoms with Crippen LogP contribution in [-0.4, -0.2) is 29.1 Å². The molecule has 0 aliphatic carbocycles. The molecule has 3 N–H and O–H groups in total. The molecule has 1 aliphatic rings. The van der Waals surface area contributed by atoms with Crippen molar-refractivity contribution >= 4 is 17.8 Å². The standard InChI is InChI=1S/C14H16N2O4/c17-12-7-6-11(15-12)16-13(18)10(14(19)20)8-9-4-2-1-3-5-9/h1-5,10-11H,6-8H2,(H,15,17)(H,16,18)(H,19,20)/t10-,11-/m1/s1. The average Bonchev–Trinajstić information content (AvgIpc) is 2.82. The van der Waals surface area contributed by atoms with E-state index in [1.807, 2.05) is 6.07 Å². The van der Waals surface area contributed by atoms with Gasteiger partial charge in [0.2, 0.25) is 11.8 Å². The van der Waals surface area contributed by atoms with Crippen molar-refractivity contribution in [2.45, 2.75) is 25.4 Å². The third-order valence-electron chi connectivity index (χ3n) is 3.21. The van der Waals surface area contributed by atoms with Gasteiger partial charge in [-0.05, 0) is 18.4 Å². The van der Waals surface area contributed by atoms with Gasteiger partial charge in [0.15, 0.2) is 0 Å². The maximum atomic E-state index is 12.0. The molecule has 2 amide bonds.